The fraction of sp³-hybridized carbons (Fsp3) is 0.182. The Hall–Kier alpha value is -2.97. The monoisotopic (exact) mass is 846 g/mol. The topological polar surface area (TPSA) is 25.8 Å². The Bertz CT molecular complexity index is 2230. The first-order valence-corrected chi connectivity index (χ1v) is 32.9. The van der Waals surface area contributed by atoms with E-state index in [2.05, 4.69) is 172 Å². The van der Waals surface area contributed by atoms with Crippen LogP contribution in [0, 0.1) is 0 Å². The van der Waals surface area contributed by atoms with Crippen LogP contribution in [0.4, 0.5) is 0 Å². The Morgan fingerprint density at radius 1 is 0.538 bits per heavy atom. The number of fused-ring (bicyclic) bond motifs is 4. The molecule has 0 saturated heterocycles. The average molecular weight is 849 g/mol. The maximum absolute atomic E-state index is 4.93. The molecule has 0 unspecified atom stereocenters. The summed E-state index contributed by atoms with van der Waals surface area (Å²) in [7, 11) is 8.35. The number of aromatic nitrogens is 2. The van der Waals surface area contributed by atoms with Crippen molar-refractivity contribution in [3.63, 3.8) is 0 Å². The van der Waals surface area contributed by atoms with E-state index < -0.39 is 37.0 Å². The predicted molar refractivity (Wildman–Crippen MR) is 236 cm³/mol. The summed E-state index contributed by atoms with van der Waals surface area (Å²) < 4.78 is 0. The number of pyridine rings is 2. The average Bonchev–Trinajstić information content (AvgIpc) is 3.78. The SMILES string of the molecule is C[Si](C)(C)c1cc2c(-c3cnc4ccccc4c3)cccc2[cH-]1.C[Si](C)(C)c1cc2c(-c3cnc4ccccc4c3)cccc2[cH-]1.C[Si]C.[Cl][Zr+2][Cl]. The number of para-hydroxylation sites is 2. The summed E-state index contributed by atoms with van der Waals surface area (Å²) in [5, 5.41) is 10.8. The van der Waals surface area contributed by atoms with Gasteiger partial charge < -0.3 is 0 Å². The molecule has 8 rings (SSSR count). The molecule has 0 aliphatic carbocycles. The molecule has 8 heteroatoms. The van der Waals surface area contributed by atoms with Crippen molar-refractivity contribution in [1.82, 2.24) is 9.97 Å². The minimum atomic E-state index is -1.30. The van der Waals surface area contributed by atoms with Crippen molar-refractivity contribution < 1.29 is 20.8 Å². The molecule has 262 valence electrons. The van der Waals surface area contributed by atoms with E-state index in [1.165, 1.54) is 64.9 Å². The molecule has 0 N–H and O–H groups in total. The van der Waals surface area contributed by atoms with Gasteiger partial charge >= 0.3 is 37.9 Å². The first-order chi connectivity index (χ1) is 24.9. The number of benzene rings is 4. The van der Waals surface area contributed by atoms with Crippen molar-refractivity contribution in [2.45, 2.75) is 52.4 Å². The van der Waals surface area contributed by atoms with E-state index in [0.29, 0.717) is 0 Å². The second-order valence-corrected chi connectivity index (χ2v) is 29.9. The predicted octanol–water partition coefficient (Wildman–Crippen LogP) is 12.8. The molecule has 0 aliphatic heterocycles. The fourth-order valence-electron chi connectivity index (χ4n) is 6.28. The van der Waals surface area contributed by atoms with Gasteiger partial charge in [0.2, 0.25) is 0 Å². The van der Waals surface area contributed by atoms with E-state index in [0.717, 1.165) is 20.6 Å². The number of hydrogen-bond acceptors (Lipinski definition) is 2. The van der Waals surface area contributed by atoms with Gasteiger partial charge in [-0.2, -0.15) is 12.1 Å². The van der Waals surface area contributed by atoms with E-state index >= 15 is 0 Å². The number of halogens is 2. The Labute approximate surface area is 332 Å². The van der Waals surface area contributed by atoms with Crippen LogP contribution in [0.2, 0.25) is 52.4 Å². The van der Waals surface area contributed by atoms with Gasteiger partial charge in [0.05, 0.1) is 27.2 Å². The third-order valence-corrected chi connectivity index (χ3v) is 13.1. The first kappa shape index (κ1) is 40.2. The number of nitrogens with zero attached hydrogens (tertiary/aromatic N) is 2. The van der Waals surface area contributed by atoms with E-state index in [1.807, 2.05) is 24.5 Å². The molecule has 2 nitrogen and oxygen atoms in total. The zero-order chi connectivity index (χ0) is 37.5. The summed E-state index contributed by atoms with van der Waals surface area (Å²) in [6.45, 7) is 18.7. The third kappa shape index (κ3) is 9.76. The molecule has 8 aromatic rings. The van der Waals surface area contributed by atoms with E-state index in [4.69, 9.17) is 17.0 Å². The van der Waals surface area contributed by atoms with Crippen LogP contribution in [0.15, 0.2) is 134 Å². The van der Waals surface area contributed by atoms with Crippen LogP contribution in [0.25, 0.3) is 65.6 Å². The number of hydrogen-bond donors (Lipinski definition) is 0. The van der Waals surface area contributed by atoms with Crippen molar-refractivity contribution in [3.8, 4) is 22.3 Å². The third-order valence-electron chi connectivity index (χ3n) is 9.04. The van der Waals surface area contributed by atoms with Crippen LogP contribution in [-0.2, 0) is 20.8 Å². The molecule has 52 heavy (non-hydrogen) atoms. The Morgan fingerprint density at radius 3 is 1.27 bits per heavy atom. The van der Waals surface area contributed by atoms with Gasteiger partial charge in [-0.05, 0) is 35.4 Å². The van der Waals surface area contributed by atoms with Gasteiger partial charge in [0.15, 0.2) is 0 Å². The molecule has 0 fully saturated rings. The second kappa shape index (κ2) is 17.9. The molecule has 0 aliphatic rings. The van der Waals surface area contributed by atoms with Crippen LogP contribution < -0.4 is 10.4 Å². The zero-order valence-corrected chi connectivity index (χ0v) is 38.3. The fourth-order valence-corrected chi connectivity index (χ4v) is 8.61. The van der Waals surface area contributed by atoms with Crippen molar-refractivity contribution >= 4 is 96.4 Å². The normalized spacial score (nSPS) is 11.3. The van der Waals surface area contributed by atoms with E-state index in [9.17, 15) is 0 Å². The van der Waals surface area contributed by atoms with Crippen molar-refractivity contribution in [2.24, 2.45) is 0 Å². The Balaban J connectivity index is 0.000000175. The summed E-state index contributed by atoms with van der Waals surface area (Å²) in [6, 6.07) is 43.8. The van der Waals surface area contributed by atoms with Gasteiger partial charge in [0.25, 0.3) is 0 Å². The summed E-state index contributed by atoms with van der Waals surface area (Å²) >= 11 is -0.826. The molecule has 0 saturated carbocycles. The summed E-state index contributed by atoms with van der Waals surface area (Å²) in [4.78, 5) is 9.26. The Morgan fingerprint density at radius 2 is 0.904 bits per heavy atom. The van der Waals surface area contributed by atoms with Gasteiger partial charge in [0, 0.05) is 32.7 Å². The molecule has 2 radical (unpaired) electrons. The second-order valence-electron chi connectivity index (χ2n) is 15.0. The molecule has 0 amide bonds. The minimum absolute atomic E-state index is 0.826. The Kier molecular flexibility index (Phi) is 13.9. The summed E-state index contributed by atoms with van der Waals surface area (Å²) in [6.07, 6.45) is 4.00. The number of rotatable bonds is 4. The van der Waals surface area contributed by atoms with Crippen LogP contribution in [0.5, 0.6) is 0 Å². The van der Waals surface area contributed by atoms with Gasteiger partial charge in [-0.25, -0.2) is 0 Å². The van der Waals surface area contributed by atoms with Crippen LogP contribution in [0.1, 0.15) is 0 Å². The molecular formula is C44H46Cl2N2Si3Zr. The van der Waals surface area contributed by atoms with Crippen molar-refractivity contribution in [2.75, 3.05) is 0 Å². The van der Waals surface area contributed by atoms with Crippen molar-refractivity contribution in [3.05, 3.63) is 134 Å². The van der Waals surface area contributed by atoms with Crippen molar-refractivity contribution in [1.29, 1.82) is 0 Å². The quantitative estimate of drug-likeness (QED) is 0.130. The molecule has 6 aromatic carbocycles. The molecule has 0 atom stereocenters. The molecule has 2 aromatic heterocycles. The molecule has 0 spiro atoms. The van der Waals surface area contributed by atoms with Gasteiger partial charge in [-0.1, -0.05) is 112 Å². The zero-order valence-electron chi connectivity index (χ0n) is 31.4. The van der Waals surface area contributed by atoms with Crippen LogP contribution in [0.3, 0.4) is 0 Å². The first-order valence-electron chi connectivity index (χ1n) is 17.5. The molecular weight excluding hydrogens is 803 g/mol. The van der Waals surface area contributed by atoms with Gasteiger partial charge in [-0.15, -0.1) is 68.3 Å². The summed E-state index contributed by atoms with van der Waals surface area (Å²) in [5.41, 5.74) is 7.06. The molecule has 0 bridgehead atoms. The standard InChI is InChI=1S/2C21H20NSi.C2H6Si.2ClH.Zr/c2*1-23(2,3)18-12-15-8-6-9-19(20(15)13-18)17-11-16-7-4-5-10-21(16)22-14-17;1-3-2;;;/h2*4-14H,1-3H3;1-2H3;2*1H;/q2*-1;;;;+4/p-2. The van der Waals surface area contributed by atoms with Crippen LogP contribution in [-0.4, -0.2) is 35.6 Å². The van der Waals surface area contributed by atoms with Gasteiger partial charge in [0.1, 0.15) is 0 Å². The van der Waals surface area contributed by atoms with E-state index in [1.54, 1.807) is 0 Å². The molecule has 2 heterocycles. The maximum atomic E-state index is 4.93. The van der Waals surface area contributed by atoms with E-state index in [-0.39, 0.29) is 0 Å². The van der Waals surface area contributed by atoms with Crippen LogP contribution >= 0.6 is 17.0 Å². The summed E-state index contributed by atoms with van der Waals surface area (Å²) in [5.74, 6) is 0. The van der Waals surface area contributed by atoms with Gasteiger partial charge in [-0.3, -0.25) is 9.97 Å².